The zero-order valence-corrected chi connectivity index (χ0v) is 26.5. The van der Waals surface area contributed by atoms with Crippen molar-refractivity contribution in [1.82, 2.24) is 24.1 Å². The van der Waals surface area contributed by atoms with E-state index in [1.54, 1.807) is 0 Å². The number of pyridine rings is 2. The Morgan fingerprint density at radius 3 is 1.73 bits per heavy atom. The number of rotatable bonds is 3. The second-order valence-corrected chi connectivity index (χ2v) is 12.4. The van der Waals surface area contributed by atoms with Gasteiger partial charge >= 0.3 is 0 Å². The Labute approximate surface area is 281 Å². The fourth-order valence-electron chi connectivity index (χ4n) is 7.40. The van der Waals surface area contributed by atoms with Crippen LogP contribution in [0.15, 0.2) is 170 Å². The molecular formula is C44H29N5. The number of aromatic amines is 1. The molecule has 10 aromatic rings. The highest BCUT2D eigenvalue weighted by atomic mass is 15.1. The van der Waals surface area contributed by atoms with Crippen molar-refractivity contribution >= 4 is 65.4 Å². The molecule has 5 nitrogen and oxygen atoms in total. The number of aromatic nitrogens is 5. The van der Waals surface area contributed by atoms with Gasteiger partial charge < -0.3 is 9.55 Å². The fraction of sp³-hybridized carbons (Fsp3) is 0. The topological polar surface area (TPSA) is 51.4 Å². The summed E-state index contributed by atoms with van der Waals surface area (Å²) in [6.45, 7) is 0. The van der Waals surface area contributed by atoms with Crippen LogP contribution in [0.5, 0.6) is 0 Å². The normalized spacial score (nSPS) is 11.7. The van der Waals surface area contributed by atoms with Crippen LogP contribution in [-0.2, 0) is 0 Å². The van der Waals surface area contributed by atoms with Gasteiger partial charge in [0.2, 0.25) is 0 Å². The molecule has 0 saturated carbocycles. The predicted molar refractivity (Wildman–Crippen MR) is 203 cm³/mol. The largest absolute Gasteiger partial charge is 0.352 e. The molecule has 0 atom stereocenters. The fourth-order valence-corrected chi connectivity index (χ4v) is 7.40. The molecule has 230 valence electrons. The molecule has 5 aromatic carbocycles. The summed E-state index contributed by atoms with van der Waals surface area (Å²) < 4.78 is 4.70. The van der Waals surface area contributed by atoms with Gasteiger partial charge in [-0.05, 0) is 76.1 Å². The summed E-state index contributed by atoms with van der Waals surface area (Å²) in [6.07, 6.45) is 3.71. The summed E-state index contributed by atoms with van der Waals surface area (Å²) in [6, 6.07) is 55.9. The molecule has 0 aliphatic heterocycles. The predicted octanol–water partition coefficient (Wildman–Crippen LogP) is 11.1. The molecule has 0 aliphatic rings. The molecule has 0 saturated heterocycles. The van der Waals surface area contributed by atoms with E-state index >= 15 is 0 Å². The van der Waals surface area contributed by atoms with Gasteiger partial charge in [0.05, 0.1) is 44.5 Å². The van der Waals surface area contributed by atoms with E-state index in [1.165, 1.54) is 10.8 Å². The first kappa shape index (κ1) is 27.4. The first-order chi connectivity index (χ1) is 24.3. The molecule has 0 spiro atoms. The van der Waals surface area contributed by atoms with Gasteiger partial charge in [-0.2, -0.15) is 0 Å². The van der Waals surface area contributed by atoms with Crippen molar-refractivity contribution < 1.29 is 0 Å². The lowest BCUT2D eigenvalue weighted by Gasteiger charge is -2.15. The molecule has 5 heteroatoms. The van der Waals surface area contributed by atoms with E-state index in [0.717, 1.165) is 77.4 Å². The van der Waals surface area contributed by atoms with E-state index in [1.807, 2.05) is 36.7 Å². The maximum atomic E-state index is 4.84. The minimum absolute atomic E-state index is 0.871. The van der Waals surface area contributed by atoms with Gasteiger partial charge in [-0.25, -0.2) is 4.98 Å². The van der Waals surface area contributed by atoms with Gasteiger partial charge in [-0.3, -0.25) is 9.55 Å². The Morgan fingerprint density at radius 2 is 1.02 bits per heavy atom. The average molecular weight is 628 g/mol. The van der Waals surface area contributed by atoms with E-state index in [-0.39, 0.29) is 0 Å². The van der Waals surface area contributed by atoms with Crippen LogP contribution in [0.1, 0.15) is 0 Å². The van der Waals surface area contributed by atoms with E-state index in [4.69, 9.17) is 9.97 Å². The summed E-state index contributed by atoms with van der Waals surface area (Å²) in [5.41, 5.74) is 9.62. The second-order valence-electron chi connectivity index (χ2n) is 12.4. The lowest BCUT2D eigenvalue weighted by Crippen LogP contribution is -2.01. The highest BCUT2D eigenvalue weighted by Crippen LogP contribution is 2.37. The molecule has 0 fully saturated rings. The Hall–Kier alpha value is -6.72. The maximum Gasteiger partial charge on any atom is 0.137 e. The van der Waals surface area contributed by atoms with Gasteiger partial charge in [0.25, 0.3) is 0 Å². The van der Waals surface area contributed by atoms with Crippen LogP contribution in [-0.4, -0.2) is 24.1 Å². The van der Waals surface area contributed by atoms with Gasteiger partial charge in [0, 0.05) is 28.7 Å². The summed E-state index contributed by atoms with van der Waals surface area (Å²) >= 11 is 0. The van der Waals surface area contributed by atoms with Crippen molar-refractivity contribution in [2.24, 2.45) is 0 Å². The molecule has 49 heavy (non-hydrogen) atoms. The number of hydrogen-bond acceptors (Lipinski definition) is 2. The monoisotopic (exact) mass is 627 g/mol. The van der Waals surface area contributed by atoms with Gasteiger partial charge in [-0.1, -0.05) is 103 Å². The maximum absolute atomic E-state index is 4.84. The van der Waals surface area contributed by atoms with Crippen molar-refractivity contribution in [3.8, 4) is 22.8 Å². The number of H-pyrrole nitrogens is 1. The van der Waals surface area contributed by atoms with Crippen LogP contribution in [0.2, 0.25) is 0 Å². The Bertz CT molecular complexity index is 2930. The highest BCUT2D eigenvalue weighted by Gasteiger charge is 2.17. The van der Waals surface area contributed by atoms with Crippen LogP contribution >= 0.6 is 0 Å². The molecule has 0 aliphatic carbocycles. The quantitative estimate of drug-likeness (QED) is 0.212. The molecular weight excluding hydrogens is 599 g/mol. The van der Waals surface area contributed by atoms with Gasteiger partial charge in [0.1, 0.15) is 5.82 Å². The van der Waals surface area contributed by atoms with Crippen molar-refractivity contribution in [3.05, 3.63) is 170 Å². The van der Waals surface area contributed by atoms with Crippen molar-refractivity contribution in [2.45, 2.75) is 0 Å². The van der Waals surface area contributed by atoms with Crippen LogP contribution in [0.4, 0.5) is 0 Å². The summed E-state index contributed by atoms with van der Waals surface area (Å²) in [5, 5.41) is 6.89. The third kappa shape index (κ3) is 4.33. The molecule has 1 N–H and O–H groups in total. The minimum atomic E-state index is 0.871. The van der Waals surface area contributed by atoms with E-state index in [2.05, 4.69) is 148 Å². The first-order valence-electron chi connectivity index (χ1n) is 16.5. The number of nitrogens with one attached hydrogen (secondary N) is 1. The molecule has 10 rings (SSSR count). The van der Waals surface area contributed by atoms with Crippen molar-refractivity contribution in [1.29, 1.82) is 0 Å². The number of para-hydroxylation sites is 4. The number of fused-ring (bicyclic) bond motifs is 7. The van der Waals surface area contributed by atoms with Crippen molar-refractivity contribution in [3.63, 3.8) is 0 Å². The van der Waals surface area contributed by atoms with Crippen LogP contribution in [0.3, 0.4) is 0 Å². The lowest BCUT2D eigenvalue weighted by molar-refractivity contribution is 1.07. The molecule has 0 amide bonds. The van der Waals surface area contributed by atoms with Crippen LogP contribution < -0.4 is 0 Å². The standard InChI is InChI=1S/C44H29N5/c1-3-17-37-29(11-1)21-23-31-27-32-24-22-30-12-2-4-18-38(30)49(42-20-6-8-26-46-42)41(32)28-40(31)48(37)39-19-10-14-34-33-13-9-15-35(43(33)47-44(34)39)36-16-5-7-25-45-36/h1-28,47H. The highest BCUT2D eigenvalue weighted by molar-refractivity contribution is 6.14. The minimum Gasteiger partial charge on any atom is -0.352 e. The molecule has 0 unspecified atom stereocenters. The third-order valence-electron chi connectivity index (χ3n) is 9.61. The number of nitrogens with zero attached hydrogens (tertiary/aromatic N) is 4. The number of benzene rings is 5. The Balaban J connectivity index is 1.38. The smallest absolute Gasteiger partial charge is 0.137 e. The molecule has 5 aromatic heterocycles. The molecule has 0 radical (unpaired) electrons. The molecule has 5 heterocycles. The number of hydrogen-bond donors (Lipinski definition) is 1. The van der Waals surface area contributed by atoms with Gasteiger partial charge in [-0.15, -0.1) is 0 Å². The first-order valence-corrected chi connectivity index (χ1v) is 16.5. The van der Waals surface area contributed by atoms with Crippen LogP contribution in [0.25, 0.3) is 88.2 Å². The van der Waals surface area contributed by atoms with Crippen molar-refractivity contribution in [2.75, 3.05) is 0 Å². The summed E-state index contributed by atoms with van der Waals surface area (Å²) in [5.74, 6) is 0.871. The second kappa shape index (κ2) is 10.9. The van der Waals surface area contributed by atoms with E-state index < -0.39 is 0 Å². The van der Waals surface area contributed by atoms with E-state index in [0.29, 0.717) is 0 Å². The Kier molecular flexibility index (Phi) is 6.11. The zero-order valence-electron chi connectivity index (χ0n) is 26.5. The summed E-state index contributed by atoms with van der Waals surface area (Å²) in [7, 11) is 0. The Morgan fingerprint density at radius 1 is 0.408 bits per heavy atom. The van der Waals surface area contributed by atoms with E-state index in [9.17, 15) is 0 Å². The zero-order chi connectivity index (χ0) is 32.3. The SMILES string of the molecule is c1ccc(-c2cccc3c2[nH]c2c(-n4c5ccccc5ccc5cc6ccc7ccccc7n(-c7ccccn7)c6cc54)cccc23)nc1. The molecule has 0 bridgehead atoms. The third-order valence-corrected chi connectivity index (χ3v) is 9.61. The lowest BCUT2D eigenvalue weighted by atomic mass is 10.1. The average Bonchev–Trinajstić information content (AvgIpc) is 3.38. The van der Waals surface area contributed by atoms with Gasteiger partial charge in [0.15, 0.2) is 0 Å². The van der Waals surface area contributed by atoms with Crippen LogP contribution in [0, 0.1) is 0 Å². The summed E-state index contributed by atoms with van der Waals surface area (Å²) in [4.78, 5) is 13.4.